The first-order chi connectivity index (χ1) is 20.6. The van der Waals surface area contributed by atoms with Crippen LogP contribution in [0.1, 0.15) is 62.5 Å². The summed E-state index contributed by atoms with van der Waals surface area (Å²) in [4.78, 5) is 45.8. The van der Waals surface area contributed by atoms with Crippen LogP contribution in [-0.2, 0) is 20.7 Å². The summed E-state index contributed by atoms with van der Waals surface area (Å²) in [5.74, 6) is 0.278. The van der Waals surface area contributed by atoms with Crippen molar-refractivity contribution < 1.29 is 23.9 Å². The van der Waals surface area contributed by atoms with Crippen LogP contribution in [0.2, 0.25) is 0 Å². The number of hydrogen-bond donors (Lipinski definition) is 2. The third-order valence-electron chi connectivity index (χ3n) is 6.41. The number of hydrogen-bond acceptors (Lipinski definition) is 7. The highest BCUT2D eigenvalue weighted by Gasteiger charge is 2.17. The highest BCUT2D eigenvalue weighted by atomic mass is 16.6. The lowest BCUT2D eigenvalue weighted by Gasteiger charge is -2.19. The van der Waals surface area contributed by atoms with E-state index in [2.05, 4.69) is 15.6 Å². The first kappa shape index (κ1) is 31.0. The van der Waals surface area contributed by atoms with Crippen LogP contribution in [-0.4, -0.2) is 45.2 Å². The molecule has 0 unspecified atom stereocenters. The molecule has 0 atom stereocenters. The van der Waals surface area contributed by atoms with Crippen molar-refractivity contribution in [2.24, 2.45) is 0 Å². The van der Waals surface area contributed by atoms with Gasteiger partial charge in [0.15, 0.2) is 0 Å². The standard InChI is InChI=1S/C33H37N5O5/c1-33(2,3)43-32(41)36-28-19-18-25(21-34-28)23-12-11-13-24(20-23)30(40)37-31-35-26(14-7-5-10-17-29(39)42-4)22-38(31)27-15-8-6-9-16-27/h6,8-9,11-13,15-16,18-22H,5,7,10,14,17H2,1-4H3,(H,34,36,41)(H,35,37,40). The molecule has 2 heterocycles. The number of aryl methyl sites for hydroxylation is 1. The number of nitrogens with zero attached hydrogens (tertiary/aromatic N) is 3. The monoisotopic (exact) mass is 583 g/mol. The van der Waals surface area contributed by atoms with Crippen LogP contribution in [0.5, 0.6) is 0 Å². The summed E-state index contributed by atoms with van der Waals surface area (Å²) in [5.41, 5.74) is 3.14. The van der Waals surface area contributed by atoms with Crippen LogP contribution in [0.15, 0.2) is 79.1 Å². The molecule has 0 fully saturated rings. The Hall–Kier alpha value is -4.99. The highest BCUT2D eigenvalue weighted by Crippen LogP contribution is 2.23. The average molecular weight is 584 g/mol. The Labute approximate surface area is 251 Å². The Bertz CT molecular complexity index is 1540. The Balaban J connectivity index is 1.45. The first-order valence-corrected chi connectivity index (χ1v) is 14.2. The second kappa shape index (κ2) is 14.3. The average Bonchev–Trinajstić information content (AvgIpc) is 3.39. The Morgan fingerprint density at radius 3 is 2.37 bits per heavy atom. The third-order valence-corrected chi connectivity index (χ3v) is 6.41. The van der Waals surface area contributed by atoms with E-state index in [1.807, 2.05) is 53.2 Å². The summed E-state index contributed by atoms with van der Waals surface area (Å²) in [7, 11) is 1.40. The van der Waals surface area contributed by atoms with Gasteiger partial charge in [-0.3, -0.25) is 24.8 Å². The number of para-hydroxylation sites is 1. The molecule has 10 heteroatoms. The van der Waals surface area contributed by atoms with E-state index in [1.165, 1.54) is 7.11 Å². The number of anilines is 2. The van der Waals surface area contributed by atoms with Gasteiger partial charge in [-0.1, -0.05) is 36.8 Å². The molecule has 0 saturated carbocycles. The first-order valence-electron chi connectivity index (χ1n) is 14.2. The van der Waals surface area contributed by atoms with E-state index < -0.39 is 11.7 Å². The van der Waals surface area contributed by atoms with Crippen molar-refractivity contribution in [3.05, 3.63) is 90.4 Å². The molecule has 2 aromatic carbocycles. The normalized spacial score (nSPS) is 11.1. The minimum absolute atomic E-state index is 0.203. The molecule has 4 aromatic rings. The fraction of sp³-hybridized carbons (Fsp3) is 0.303. The molecular formula is C33H37N5O5. The molecule has 224 valence electrons. The number of esters is 1. The van der Waals surface area contributed by atoms with Gasteiger partial charge in [-0.25, -0.2) is 14.8 Å². The predicted molar refractivity (Wildman–Crippen MR) is 165 cm³/mol. The molecule has 0 spiro atoms. The minimum atomic E-state index is -0.613. The lowest BCUT2D eigenvalue weighted by Crippen LogP contribution is -2.27. The summed E-state index contributed by atoms with van der Waals surface area (Å²) < 4.78 is 11.8. The predicted octanol–water partition coefficient (Wildman–Crippen LogP) is 6.81. The topological polar surface area (TPSA) is 124 Å². The zero-order valence-corrected chi connectivity index (χ0v) is 24.9. The largest absolute Gasteiger partial charge is 0.469 e. The molecule has 4 rings (SSSR count). The molecule has 2 N–H and O–H groups in total. The number of carbonyl (C=O) groups excluding carboxylic acids is 3. The second-order valence-corrected chi connectivity index (χ2v) is 11.0. The van der Waals surface area contributed by atoms with Crippen molar-refractivity contribution in [3.8, 4) is 16.8 Å². The molecular weight excluding hydrogens is 546 g/mol. The summed E-state index contributed by atoms with van der Waals surface area (Å²) in [6.07, 6.45) is 6.58. The zero-order chi connectivity index (χ0) is 30.8. The van der Waals surface area contributed by atoms with Crippen molar-refractivity contribution in [1.82, 2.24) is 14.5 Å². The van der Waals surface area contributed by atoms with E-state index >= 15 is 0 Å². The Morgan fingerprint density at radius 2 is 1.67 bits per heavy atom. The Morgan fingerprint density at radius 1 is 0.884 bits per heavy atom. The molecule has 0 bridgehead atoms. The number of nitrogens with one attached hydrogen (secondary N) is 2. The number of ether oxygens (including phenoxy) is 2. The zero-order valence-electron chi connectivity index (χ0n) is 24.9. The summed E-state index contributed by atoms with van der Waals surface area (Å²) in [6.45, 7) is 5.37. The van der Waals surface area contributed by atoms with Gasteiger partial charge in [0.25, 0.3) is 5.91 Å². The number of aromatic nitrogens is 3. The molecule has 0 aliphatic heterocycles. The van der Waals surface area contributed by atoms with Gasteiger partial charge in [0.05, 0.1) is 12.8 Å². The van der Waals surface area contributed by atoms with Crippen LogP contribution in [0.4, 0.5) is 16.6 Å². The van der Waals surface area contributed by atoms with Gasteiger partial charge in [0.2, 0.25) is 5.95 Å². The lowest BCUT2D eigenvalue weighted by molar-refractivity contribution is -0.140. The number of carbonyl (C=O) groups is 3. The van der Waals surface area contributed by atoms with E-state index in [-0.39, 0.29) is 11.9 Å². The van der Waals surface area contributed by atoms with E-state index in [9.17, 15) is 14.4 Å². The van der Waals surface area contributed by atoms with E-state index in [0.29, 0.717) is 30.2 Å². The number of rotatable bonds is 11. The second-order valence-electron chi connectivity index (χ2n) is 11.0. The fourth-order valence-electron chi connectivity index (χ4n) is 4.34. The molecule has 10 nitrogen and oxygen atoms in total. The van der Waals surface area contributed by atoms with Crippen molar-refractivity contribution in [2.45, 2.75) is 58.5 Å². The fourth-order valence-corrected chi connectivity index (χ4v) is 4.34. The van der Waals surface area contributed by atoms with E-state index in [4.69, 9.17) is 14.5 Å². The lowest BCUT2D eigenvalue weighted by atomic mass is 10.0. The number of benzene rings is 2. The van der Waals surface area contributed by atoms with Gasteiger partial charge in [-0.2, -0.15) is 0 Å². The van der Waals surface area contributed by atoms with E-state index in [1.54, 1.807) is 51.2 Å². The third kappa shape index (κ3) is 9.26. The van der Waals surface area contributed by atoms with Crippen LogP contribution >= 0.6 is 0 Å². The van der Waals surface area contributed by atoms with Crippen molar-refractivity contribution in [2.75, 3.05) is 17.7 Å². The molecule has 0 saturated heterocycles. The summed E-state index contributed by atoms with van der Waals surface area (Å²) in [6, 6.07) is 20.4. The molecule has 0 aliphatic rings. The van der Waals surface area contributed by atoms with Crippen LogP contribution in [0.25, 0.3) is 16.8 Å². The van der Waals surface area contributed by atoms with Crippen LogP contribution < -0.4 is 10.6 Å². The number of imidazole rings is 1. The maximum atomic E-state index is 13.4. The molecule has 0 aliphatic carbocycles. The van der Waals surface area contributed by atoms with Gasteiger partial charge >= 0.3 is 12.1 Å². The summed E-state index contributed by atoms with van der Waals surface area (Å²) >= 11 is 0. The minimum Gasteiger partial charge on any atom is -0.469 e. The van der Waals surface area contributed by atoms with Gasteiger partial charge < -0.3 is 9.47 Å². The van der Waals surface area contributed by atoms with Crippen molar-refractivity contribution in [1.29, 1.82) is 0 Å². The number of unbranched alkanes of at least 4 members (excludes halogenated alkanes) is 2. The molecule has 2 amide bonds. The smallest absolute Gasteiger partial charge is 0.413 e. The van der Waals surface area contributed by atoms with E-state index in [0.717, 1.165) is 41.8 Å². The SMILES string of the molecule is COC(=O)CCCCCc1cn(-c2ccccc2)c(NC(=O)c2cccc(-c3ccc(NC(=O)OC(C)(C)C)nc3)c2)n1. The quantitative estimate of drug-likeness (QED) is 0.147. The molecule has 43 heavy (non-hydrogen) atoms. The van der Waals surface area contributed by atoms with Crippen LogP contribution in [0, 0.1) is 0 Å². The molecule has 2 aromatic heterocycles. The Kier molecular flexibility index (Phi) is 10.3. The maximum absolute atomic E-state index is 13.4. The van der Waals surface area contributed by atoms with Gasteiger partial charge in [0.1, 0.15) is 11.4 Å². The van der Waals surface area contributed by atoms with Gasteiger partial charge in [-0.15, -0.1) is 0 Å². The van der Waals surface area contributed by atoms with Gasteiger partial charge in [-0.05, 0) is 82.0 Å². The number of amides is 2. The van der Waals surface area contributed by atoms with Crippen molar-refractivity contribution >= 4 is 29.7 Å². The number of pyridine rings is 1. The number of methoxy groups -OCH3 is 1. The van der Waals surface area contributed by atoms with Gasteiger partial charge in [0, 0.05) is 35.6 Å². The maximum Gasteiger partial charge on any atom is 0.413 e. The molecule has 0 radical (unpaired) electrons. The van der Waals surface area contributed by atoms with Crippen molar-refractivity contribution in [3.63, 3.8) is 0 Å². The highest BCUT2D eigenvalue weighted by molar-refractivity contribution is 6.04. The van der Waals surface area contributed by atoms with Crippen LogP contribution in [0.3, 0.4) is 0 Å². The summed E-state index contributed by atoms with van der Waals surface area (Å²) in [5, 5.41) is 5.59.